The molecule has 1 aromatic carbocycles. The number of nitrogens with zero attached hydrogens (tertiary/aromatic N) is 4. The van der Waals surface area contributed by atoms with Crippen LogP contribution in [0.25, 0.3) is 11.2 Å². The fourth-order valence-corrected chi connectivity index (χ4v) is 5.16. The molecule has 5 rings (SSSR count). The van der Waals surface area contributed by atoms with Gasteiger partial charge in [-0.05, 0) is 61.1 Å². The zero-order valence-electron chi connectivity index (χ0n) is 20.6. The number of rotatable bonds is 9. The molecule has 2 aromatic heterocycles. The Balaban J connectivity index is 1.56. The van der Waals surface area contributed by atoms with E-state index in [1.165, 1.54) is 17.0 Å². The first-order chi connectivity index (χ1) is 17.8. The van der Waals surface area contributed by atoms with Gasteiger partial charge in [0.2, 0.25) is 0 Å². The number of hydrogen-bond acceptors (Lipinski definition) is 6. The van der Waals surface area contributed by atoms with Gasteiger partial charge in [-0.2, -0.15) is 18.3 Å². The molecule has 3 aromatic rings. The van der Waals surface area contributed by atoms with Crippen LogP contribution in [0.2, 0.25) is 0 Å². The number of halogens is 3. The molecule has 2 aliphatic rings. The van der Waals surface area contributed by atoms with Gasteiger partial charge < -0.3 is 15.3 Å². The molecular weight excluding hydrogens is 485 g/mol. The summed E-state index contributed by atoms with van der Waals surface area (Å²) in [6.45, 7) is 1.22. The van der Waals surface area contributed by atoms with Crippen molar-refractivity contribution in [3.63, 3.8) is 0 Å². The van der Waals surface area contributed by atoms with Gasteiger partial charge in [0, 0.05) is 38.5 Å². The molecule has 37 heavy (non-hydrogen) atoms. The molecule has 0 spiro atoms. The second kappa shape index (κ2) is 10.2. The SMILES string of the molecule is CN1CNN=C1[C@@H](c1cccc(-n2cc3c(C(F)(F)F)cc(CNCCCO)cn3c2=O)c1)C1CCC1. The van der Waals surface area contributed by atoms with Gasteiger partial charge in [-0.25, -0.2) is 4.79 Å². The smallest absolute Gasteiger partial charge is 0.396 e. The molecule has 0 saturated heterocycles. The molecule has 1 fully saturated rings. The zero-order valence-corrected chi connectivity index (χ0v) is 20.6. The highest BCUT2D eigenvalue weighted by Gasteiger charge is 2.36. The number of hydrazone groups is 1. The van der Waals surface area contributed by atoms with E-state index in [0.29, 0.717) is 36.8 Å². The summed E-state index contributed by atoms with van der Waals surface area (Å²) in [6.07, 6.45) is 1.91. The van der Waals surface area contributed by atoms with E-state index in [1.54, 1.807) is 6.07 Å². The third kappa shape index (κ3) is 4.97. The van der Waals surface area contributed by atoms with Crippen molar-refractivity contribution in [3.8, 4) is 5.69 Å². The van der Waals surface area contributed by atoms with E-state index < -0.39 is 17.4 Å². The number of aliphatic hydroxyl groups is 1. The molecule has 3 N–H and O–H groups in total. The number of aromatic nitrogens is 2. The lowest BCUT2D eigenvalue weighted by Gasteiger charge is -2.35. The third-order valence-electron chi connectivity index (χ3n) is 7.27. The minimum Gasteiger partial charge on any atom is -0.396 e. The second-order valence-corrected chi connectivity index (χ2v) is 9.80. The van der Waals surface area contributed by atoms with Crippen molar-refractivity contribution < 1.29 is 18.3 Å². The van der Waals surface area contributed by atoms with E-state index in [-0.39, 0.29) is 24.6 Å². The number of likely N-dealkylation sites (N-methyl/N-ethyl adjacent to an activating group) is 1. The molecule has 1 aliphatic heterocycles. The van der Waals surface area contributed by atoms with Crippen molar-refractivity contribution in [2.24, 2.45) is 11.0 Å². The van der Waals surface area contributed by atoms with Crippen molar-refractivity contribution in [1.82, 2.24) is 24.6 Å². The minimum atomic E-state index is -4.62. The molecule has 198 valence electrons. The van der Waals surface area contributed by atoms with Gasteiger partial charge >= 0.3 is 11.9 Å². The summed E-state index contributed by atoms with van der Waals surface area (Å²) in [5.74, 6) is 1.41. The molecule has 8 nitrogen and oxygen atoms in total. The lowest BCUT2D eigenvalue weighted by Crippen LogP contribution is -2.35. The molecule has 1 atom stereocenters. The van der Waals surface area contributed by atoms with E-state index in [4.69, 9.17) is 5.11 Å². The van der Waals surface area contributed by atoms with Crippen molar-refractivity contribution >= 4 is 11.4 Å². The van der Waals surface area contributed by atoms with Crippen LogP contribution in [0.15, 0.2) is 52.6 Å². The average molecular weight is 517 g/mol. The van der Waals surface area contributed by atoms with Crippen molar-refractivity contribution in [2.75, 3.05) is 26.9 Å². The van der Waals surface area contributed by atoms with Crippen LogP contribution >= 0.6 is 0 Å². The Kier molecular flexibility index (Phi) is 7.00. The molecule has 3 heterocycles. The van der Waals surface area contributed by atoms with E-state index in [9.17, 15) is 18.0 Å². The topological polar surface area (TPSA) is 86.3 Å². The second-order valence-electron chi connectivity index (χ2n) is 9.80. The fourth-order valence-electron chi connectivity index (χ4n) is 5.16. The highest BCUT2D eigenvalue weighted by atomic mass is 19.4. The number of amidine groups is 1. The lowest BCUT2D eigenvalue weighted by atomic mass is 9.72. The summed E-state index contributed by atoms with van der Waals surface area (Å²) in [6, 6.07) is 8.55. The van der Waals surface area contributed by atoms with E-state index in [0.717, 1.165) is 41.1 Å². The van der Waals surface area contributed by atoms with Crippen LogP contribution in [0, 0.1) is 5.92 Å². The number of imidazole rings is 1. The maximum atomic E-state index is 14.0. The predicted molar refractivity (Wildman–Crippen MR) is 135 cm³/mol. The Morgan fingerprint density at radius 1 is 1.24 bits per heavy atom. The fraction of sp³-hybridized carbons (Fsp3) is 0.462. The highest BCUT2D eigenvalue weighted by molar-refractivity contribution is 5.90. The van der Waals surface area contributed by atoms with Crippen LogP contribution in [0.1, 0.15) is 48.3 Å². The quantitative estimate of drug-likeness (QED) is 0.380. The summed E-state index contributed by atoms with van der Waals surface area (Å²) >= 11 is 0. The van der Waals surface area contributed by atoms with Gasteiger partial charge in [0.05, 0.1) is 16.8 Å². The van der Waals surface area contributed by atoms with Crippen LogP contribution in [-0.2, 0) is 12.7 Å². The van der Waals surface area contributed by atoms with E-state index in [2.05, 4.69) is 20.7 Å². The highest BCUT2D eigenvalue weighted by Crippen LogP contribution is 2.41. The Morgan fingerprint density at radius 2 is 2.05 bits per heavy atom. The van der Waals surface area contributed by atoms with Crippen LogP contribution < -0.4 is 16.4 Å². The normalized spacial score (nSPS) is 17.1. The molecule has 0 radical (unpaired) electrons. The Hall–Kier alpha value is -3.31. The van der Waals surface area contributed by atoms with Gasteiger partial charge in [-0.3, -0.25) is 14.4 Å². The van der Waals surface area contributed by atoms with Gasteiger partial charge in [-0.15, -0.1) is 0 Å². The largest absolute Gasteiger partial charge is 0.418 e. The average Bonchev–Trinajstić information content (AvgIpc) is 3.41. The molecular formula is C26H31F3N6O2. The van der Waals surface area contributed by atoms with Gasteiger partial charge in [-0.1, -0.05) is 18.6 Å². The first-order valence-electron chi connectivity index (χ1n) is 12.5. The third-order valence-corrected chi connectivity index (χ3v) is 7.27. The van der Waals surface area contributed by atoms with Crippen molar-refractivity contribution in [2.45, 2.75) is 44.3 Å². The zero-order chi connectivity index (χ0) is 26.2. The monoisotopic (exact) mass is 516 g/mol. The number of nitrogens with one attached hydrogen (secondary N) is 2. The molecule has 0 bridgehead atoms. The number of alkyl halides is 3. The summed E-state index contributed by atoms with van der Waals surface area (Å²) < 4.78 is 44.3. The van der Waals surface area contributed by atoms with Gasteiger partial charge in [0.1, 0.15) is 12.5 Å². The Labute approximate surface area is 212 Å². The van der Waals surface area contributed by atoms with E-state index >= 15 is 0 Å². The molecule has 1 saturated carbocycles. The van der Waals surface area contributed by atoms with E-state index in [1.807, 2.05) is 25.2 Å². The van der Waals surface area contributed by atoms with Gasteiger partial charge in [0.15, 0.2) is 0 Å². The summed E-state index contributed by atoms with van der Waals surface area (Å²) in [5.41, 5.74) is 3.25. The predicted octanol–water partition coefficient (Wildman–Crippen LogP) is 3.27. The first kappa shape index (κ1) is 25.3. The Bertz CT molecular complexity index is 1360. The molecule has 0 amide bonds. The maximum Gasteiger partial charge on any atom is 0.418 e. The number of benzene rings is 1. The molecule has 0 unspecified atom stereocenters. The van der Waals surface area contributed by atoms with Crippen LogP contribution in [-0.4, -0.2) is 51.7 Å². The summed E-state index contributed by atoms with van der Waals surface area (Å²) in [7, 11) is 1.98. The standard InChI is InChI=1S/C26H31F3N6O2/c1-33-16-31-32-24(33)23(18-5-2-6-18)19-7-3-8-20(12-19)34-15-22-21(26(27,28)29)11-17(13-30-9-4-10-36)14-35(22)25(34)37/h3,7-8,11-12,14-15,18,23,30-31,36H,2,4-6,9-10,13,16H2,1H3/t23-/m1/s1. The van der Waals surface area contributed by atoms with Crippen LogP contribution in [0.3, 0.4) is 0 Å². The Morgan fingerprint density at radius 3 is 2.70 bits per heavy atom. The molecule has 1 aliphatic carbocycles. The summed E-state index contributed by atoms with van der Waals surface area (Å²) in [4.78, 5) is 15.5. The van der Waals surface area contributed by atoms with Crippen molar-refractivity contribution in [3.05, 3.63) is 69.9 Å². The minimum absolute atomic E-state index is 0.0110. The number of aliphatic hydroxyl groups excluding tert-OH is 1. The van der Waals surface area contributed by atoms with Crippen molar-refractivity contribution in [1.29, 1.82) is 0 Å². The molecule has 11 heteroatoms. The number of pyridine rings is 1. The number of fused-ring (bicyclic) bond motifs is 1. The van der Waals surface area contributed by atoms with Crippen LogP contribution in [0.5, 0.6) is 0 Å². The lowest BCUT2D eigenvalue weighted by molar-refractivity contribution is -0.136. The summed E-state index contributed by atoms with van der Waals surface area (Å²) in [5, 5.41) is 16.4. The maximum absolute atomic E-state index is 14.0. The number of hydrogen-bond donors (Lipinski definition) is 3. The van der Waals surface area contributed by atoms with Crippen LogP contribution in [0.4, 0.5) is 13.2 Å². The first-order valence-corrected chi connectivity index (χ1v) is 12.5. The van der Waals surface area contributed by atoms with Gasteiger partial charge in [0.25, 0.3) is 0 Å².